The van der Waals surface area contributed by atoms with Crippen molar-refractivity contribution in [2.75, 3.05) is 13.1 Å². The molecular formula is C20H25N3O2. The Morgan fingerprint density at radius 1 is 1.16 bits per heavy atom. The van der Waals surface area contributed by atoms with Gasteiger partial charge in [0, 0.05) is 36.0 Å². The molecule has 5 nitrogen and oxygen atoms in total. The molecule has 2 fully saturated rings. The number of carbonyl (C=O) groups excluding carboxylic acids is 2. The highest BCUT2D eigenvalue weighted by Crippen LogP contribution is 2.28. The molecule has 132 valence electrons. The number of likely N-dealkylation sites (tertiary alicyclic amines) is 1. The number of aromatic amines is 1. The topological polar surface area (TPSA) is 65.2 Å². The highest BCUT2D eigenvalue weighted by Gasteiger charge is 2.32. The second-order valence-electron chi connectivity index (χ2n) is 7.47. The van der Waals surface area contributed by atoms with Gasteiger partial charge in [0.05, 0.1) is 0 Å². The number of nitrogens with one attached hydrogen (secondary N) is 2. The number of para-hydroxylation sites is 1. The molecule has 2 amide bonds. The second kappa shape index (κ2) is 6.54. The molecule has 0 radical (unpaired) electrons. The predicted molar refractivity (Wildman–Crippen MR) is 97.3 cm³/mol. The minimum atomic E-state index is 0.0333. The largest absolute Gasteiger partial charge is 0.353 e. The van der Waals surface area contributed by atoms with E-state index in [1.165, 1.54) is 0 Å². The monoisotopic (exact) mass is 339 g/mol. The highest BCUT2D eigenvalue weighted by molar-refractivity contribution is 5.98. The van der Waals surface area contributed by atoms with Crippen LogP contribution in [0.4, 0.5) is 0 Å². The summed E-state index contributed by atoms with van der Waals surface area (Å²) < 4.78 is 0. The van der Waals surface area contributed by atoms with Gasteiger partial charge in [0.15, 0.2) is 0 Å². The predicted octanol–water partition coefficient (Wildman–Crippen LogP) is 2.93. The molecule has 1 saturated heterocycles. The van der Waals surface area contributed by atoms with E-state index in [2.05, 4.69) is 10.3 Å². The summed E-state index contributed by atoms with van der Waals surface area (Å²) in [4.78, 5) is 30.1. The summed E-state index contributed by atoms with van der Waals surface area (Å²) in [5.74, 6) is 0.643. The molecule has 1 aliphatic heterocycles. The Bertz CT molecular complexity index is 752. The van der Waals surface area contributed by atoms with E-state index in [1.807, 2.05) is 42.2 Å². The first-order valence-corrected chi connectivity index (χ1v) is 9.29. The maximum absolute atomic E-state index is 12.7. The Kier molecular flexibility index (Phi) is 4.24. The zero-order valence-corrected chi connectivity index (χ0v) is 14.6. The van der Waals surface area contributed by atoms with Gasteiger partial charge in [-0.05, 0) is 43.7 Å². The number of aromatic nitrogens is 1. The fourth-order valence-corrected chi connectivity index (χ4v) is 3.74. The first-order valence-electron chi connectivity index (χ1n) is 9.29. The van der Waals surface area contributed by atoms with E-state index >= 15 is 0 Å². The van der Waals surface area contributed by atoms with E-state index in [4.69, 9.17) is 0 Å². The first kappa shape index (κ1) is 16.2. The average Bonchev–Trinajstić information content (AvgIpc) is 3.35. The number of piperidine rings is 1. The minimum absolute atomic E-state index is 0.0333. The Hall–Kier alpha value is -2.30. The minimum Gasteiger partial charge on any atom is -0.353 e. The van der Waals surface area contributed by atoms with Gasteiger partial charge in [-0.3, -0.25) is 9.59 Å². The Morgan fingerprint density at radius 2 is 1.88 bits per heavy atom. The van der Waals surface area contributed by atoms with E-state index in [0.29, 0.717) is 17.7 Å². The summed E-state index contributed by atoms with van der Waals surface area (Å²) in [6.07, 6.45) is 4.03. The lowest BCUT2D eigenvalue weighted by atomic mass is 9.84. The molecule has 5 heteroatoms. The number of hydrogen-bond donors (Lipinski definition) is 2. The van der Waals surface area contributed by atoms with Gasteiger partial charge in [-0.25, -0.2) is 0 Å². The summed E-state index contributed by atoms with van der Waals surface area (Å²) in [7, 11) is 0. The van der Waals surface area contributed by atoms with Crippen molar-refractivity contribution in [2.24, 2.45) is 11.8 Å². The maximum atomic E-state index is 12.7. The van der Waals surface area contributed by atoms with Crippen molar-refractivity contribution >= 4 is 22.7 Å². The van der Waals surface area contributed by atoms with Crippen LogP contribution in [-0.2, 0) is 4.79 Å². The molecule has 1 atom stereocenters. The van der Waals surface area contributed by atoms with Gasteiger partial charge in [0.2, 0.25) is 5.91 Å². The molecule has 1 aromatic carbocycles. The van der Waals surface area contributed by atoms with E-state index in [1.54, 1.807) is 0 Å². The second-order valence-corrected chi connectivity index (χ2v) is 7.47. The number of benzene rings is 1. The van der Waals surface area contributed by atoms with Gasteiger partial charge in [-0.15, -0.1) is 0 Å². The molecule has 2 N–H and O–H groups in total. The fraction of sp³-hybridized carbons (Fsp3) is 0.500. The van der Waals surface area contributed by atoms with Crippen molar-refractivity contribution in [1.29, 1.82) is 0 Å². The van der Waals surface area contributed by atoms with Crippen LogP contribution in [0.3, 0.4) is 0 Å². The van der Waals surface area contributed by atoms with E-state index in [9.17, 15) is 9.59 Å². The van der Waals surface area contributed by atoms with Gasteiger partial charge in [0.25, 0.3) is 5.91 Å². The van der Waals surface area contributed by atoms with Crippen LogP contribution in [-0.4, -0.2) is 40.8 Å². The third-order valence-electron chi connectivity index (χ3n) is 5.63. The summed E-state index contributed by atoms with van der Waals surface area (Å²) >= 11 is 0. The molecule has 2 heterocycles. The van der Waals surface area contributed by atoms with Gasteiger partial charge >= 0.3 is 0 Å². The van der Waals surface area contributed by atoms with Crippen molar-refractivity contribution in [1.82, 2.24) is 15.2 Å². The molecule has 4 rings (SSSR count). The van der Waals surface area contributed by atoms with Gasteiger partial charge in [0.1, 0.15) is 5.69 Å². The van der Waals surface area contributed by atoms with Crippen LogP contribution in [0.1, 0.15) is 43.1 Å². The smallest absolute Gasteiger partial charge is 0.270 e. The molecule has 2 aromatic rings. The summed E-state index contributed by atoms with van der Waals surface area (Å²) in [6, 6.07) is 10.3. The number of H-pyrrole nitrogens is 1. The number of nitrogens with zero attached hydrogens (tertiary/aromatic N) is 1. The number of hydrogen-bond acceptors (Lipinski definition) is 2. The van der Waals surface area contributed by atoms with Crippen LogP contribution in [0.15, 0.2) is 30.3 Å². The van der Waals surface area contributed by atoms with Gasteiger partial charge in [-0.1, -0.05) is 25.1 Å². The Balaban J connectivity index is 1.36. The summed E-state index contributed by atoms with van der Waals surface area (Å²) in [5.41, 5.74) is 1.64. The average molecular weight is 339 g/mol. The number of amides is 2. The molecule has 0 spiro atoms. The number of rotatable bonds is 4. The lowest BCUT2D eigenvalue weighted by Gasteiger charge is -2.34. The third-order valence-corrected chi connectivity index (χ3v) is 5.63. The van der Waals surface area contributed by atoms with Crippen molar-refractivity contribution < 1.29 is 9.59 Å². The van der Waals surface area contributed by atoms with Crippen LogP contribution in [0.5, 0.6) is 0 Å². The Morgan fingerprint density at radius 3 is 2.56 bits per heavy atom. The first-order chi connectivity index (χ1) is 12.1. The Labute approximate surface area is 147 Å². The normalized spacial score (nSPS) is 19.8. The lowest BCUT2D eigenvalue weighted by Crippen LogP contribution is -2.43. The molecule has 1 aliphatic carbocycles. The van der Waals surface area contributed by atoms with E-state index < -0.39 is 0 Å². The lowest BCUT2D eigenvalue weighted by molar-refractivity contribution is -0.126. The fourth-order valence-electron chi connectivity index (χ4n) is 3.74. The SMILES string of the molecule is CC(C(=O)NC1CC1)C1CCN(C(=O)c2cc3ccccc3[nH]2)CC1. The zero-order valence-electron chi connectivity index (χ0n) is 14.6. The quantitative estimate of drug-likeness (QED) is 0.899. The van der Waals surface area contributed by atoms with Crippen molar-refractivity contribution in [3.8, 4) is 0 Å². The van der Waals surface area contributed by atoms with Crippen molar-refractivity contribution in [2.45, 2.75) is 38.6 Å². The summed E-state index contributed by atoms with van der Waals surface area (Å²) in [5, 5.41) is 4.16. The maximum Gasteiger partial charge on any atom is 0.270 e. The van der Waals surface area contributed by atoms with Crippen molar-refractivity contribution in [3.63, 3.8) is 0 Å². The van der Waals surface area contributed by atoms with E-state index in [0.717, 1.165) is 49.7 Å². The molecule has 1 aromatic heterocycles. The molecule has 25 heavy (non-hydrogen) atoms. The van der Waals surface area contributed by atoms with Crippen LogP contribution in [0, 0.1) is 11.8 Å². The standard InChI is InChI=1S/C20H25N3O2/c1-13(19(24)21-16-6-7-16)14-8-10-23(11-9-14)20(25)18-12-15-4-2-3-5-17(15)22-18/h2-5,12-14,16,22H,6-11H2,1H3,(H,21,24). The molecule has 2 aliphatic rings. The van der Waals surface area contributed by atoms with Gasteiger partial charge < -0.3 is 15.2 Å². The van der Waals surface area contributed by atoms with Crippen molar-refractivity contribution in [3.05, 3.63) is 36.0 Å². The van der Waals surface area contributed by atoms with Crippen LogP contribution < -0.4 is 5.32 Å². The molecule has 1 saturated carbocycles. The molecular weight excluding hydrogens is 314 g/mol. The number of carbonyl (C=O) groups is 2. The highest BCUT2D eigenvalue weighted by atomic mass is 16.2. The van der Waals surface area contributed by atoms with Crippen LogP contribution >= 0.6 is 0 Å². The number of fused-ring (bicyclic) bond motifs is 1. The zero-order chi connectivity index (χ0) is 17.4. The van der Waals surface area contributed by atoms with Crippen LogP contribution in [0.25, 0.3) is 10.9 Å². The van der Waals surface area contributed by atoms with Gasteiger partial charge in [-0.2, -0.15) is 0 Å². The van der Waals surface area contributed by atoms with Crippen LogP contribution in [0.2, 0.25) is 0 Å². The third kappa shape index (κ3) is 3.41. The summed E-state index contributed by atoms with van der Waals surface area (Å²) in [6.45, 7) is 3.47. The molecule has 1 unspecified atom stereocenters. The molecule has 0 bridgehead atoms. The van der Waals surface area contributed by atoms with E-state index in [-0.39, 0.29) is 17.7 Å².